The van der Waals surface area contributed by atoms with Crippen LogP contribution in [0.25, 0.3) is 0 Å². The summed E-state index contributed by atoms with van der Waals surface area (Å²) in [6.45, 7) is 3.34. The molecule has 1 aromatic carbocycles. The lowest BCUT2D eigenvalue weighted by Crippen LogP contribution is -2.61. The Bertz CT molecular complexity index is 826. The first-order valence-electron chi connectivity index (χ1n) is 8.83. The number of piperazine rings is 1. The van der Waals surface area contributed by atoms with Crippen LogP contribution in [-0.2, 0) is 14.4 Å². The molecule has 0 spiro atoms. The molecule has 2 aliphatic heterocycles. The van der Waals surface area contributed by atoms with Gasteiger partial charge in [0.05, 0.1) is 0 Å². The normalized spacial score (nSPS) is 21.7. The molecule has 1 unspecified atom stereocenters. The first-order chi connectivity index (χ1) is 13.1. The van der Waals surface area contributed by atoms with Crippen molar-refractivity contribution >= 4 is 29.4 Å². The molecule has 1 atom stereocenters. The van der Waals surface area contributed by atoms with Crippen LogP contribution < -0.4 is 16.0 Å². The van der Waals surface area contributed by atoms with Gasteiger partial charge in [-0.1, -0.05) is 0 Å². The number of anilines is 1. The fourth-order valence-corrected chi connectivity index (χ4v) is 3.40. The first kappa shape index (κ1) is 19.6. The lowest BCUT2D eigenvalue weighted by molar-refractivity contribution is -0.143. The molecule has 28 heavy (non-hydrogen) atoms. The standard InChI is InChI=1S/C18H22FN5O4/c1-18(2)16(27)24(17(28)21-18)10-14(25)23-8-7-22(9-13(23)15(20)26)12-5-3-11(19)4-6-12/h3-6,13H,7-10H2,1-2H3,(H2,20,26)(H,21,28). The Hall–Kier alpha value is -3.17. The van der Waals surface area contributed by atoms with Crippen LogP contribution in [0.5, 0.6) is 0 Å². The van der Waals surface area contributed by atoms with Crippen LogP contribution in [0.4, 0.5) is 14.9 Å². The maximum Gasteiger partial charge on any atom is 0.325 e. The van der Waals surface area contributed by atoms with Gasteiger partial charge in [-0.15, -0.1) is 0 Å². The third-order valence-corrected chi connectivity index (χ3v) is 4.96. The number of primary amides is 1. The Balaban J connectivity index is 1.72. The zero-order valence-electron chi connectivity index (χ0n) is 15.6. The molecule has 2 fully saturated rings. The van der Waals surface area contributed by atoms with E-state index in [1.165, 1.54) is 17.0 Å². The van der Waals surface area contributed by atoms with Crippen LogP contribution in [0.3, 0.4) is 0 Å². The van der Waals surface area contributed by atoms with Crippen LogP contribution in [0.2, 0.25) is 0 Å². The van der Waals surface area contributed by atoms with Gasteiger partial charge in [0.2, 0.25) is 11.8 Å². The summed E-state index contributed by atoms with van der Waals surface area (Å²) in [6, 6.07) is 4.21. The zero-order chi connectivity index (χ0) is 20.6. The highest BCUT2D eigenvalue weighted by atomic mass is 19.1. The monoisotopic (exact) mass is 391 g/mol. The fourth-order valence-electron chi connectivity index (χ4n) is 3.40. The number of hydrogen-bond acceptors (Lipinski definition) is 5. The second-order valence-corrected chi connectivity index (χ2v) is 7.37. The molecule has 3 rings (SSSR count). The molecule has 0 aliphatic carbocycles. The van der Waals surface area contributed by atoms with Crippen LogP contribution in [-0.4, -0.2) is 71.3 Å². The van der Waals surface area contributed by atoms with Gasteiger partial charge in [0.25, 0.3) is 5.91 Å². The smallest absolute Gasteiger partial charge is 0.325 e. The van der Waals surface area contributed by atoms with E-state index in [4.69, 9.17) is 5.73 Å². The Kier molecular flexibility index (Phi) is 4.97. The van der Waals surface area contributed by atoms with E-state index < -0.39 is 41.9 Å². The molecule has 150 valence electrons. The lowest BCUT2D eigenvalue weighted by atomic mass is 10.1. The van der Waals surface area contributed by atoms with Crippen molar-refractivity contribution in [3.63, 3.8) is 0 Å². The van der Waals surface area contributed by atoms with E-state index in [1.54, 1.807) is 26.0 Å². The van der Waals surface area contributed by atoms with Gasteiger partial charge in [-0.05, 0) is 38.1 Å². The highest BCUT2D eigenvalue weighted by Crippen LogP contribution is 2.21. The van der Waals surface area contributed by atoms with E-state index >= 15 is 0 Å². The molecule has 9 nitrogen and oxygen atoms in total. The molecule has 0 bridgehead atoms. The highest BCUT2D eigenvalue weighted by molar-refractivity contribution is 6.08. The number of carbonyl (C=O) groups is 4. The first-order valence-corrected chi connectivity index (χ1v) is 8.83. The molecule has 2 saturated heterocycles. The summed E-state index contributed by atoms with van der Waals surface area (Å²) < 4.78 is 13.1. The Morgan fingerprint density at radius 3 is 2.39 bits per heavy atom. The molecule has 0 saturated carbocycles. The topological polar surface area (TPSA) is 116 Å². The zero-order valence-corrected chi connectivity index (χ0v) is 15.6. The minimum absolute atomic E-state index is 0.137. The van der Waals surface area contributed by atoms with Crippen LogP contribution >= 0.6 is 0 Å². The van der Waals surface area contributed by atoms with Crippen molar-refractivity contribution in [2.24, 2.45) is 5.73 Å². The van der Waals surface area contributed by atoms with Gasteiger partial charge in [0, 0.05) is 25.3 Å². The Labute approximate surface area is 161 Å². The van der Waals surface area contributed by atoms with Gasteiger partial charge in [-0.2, -0.15) is 0 Å². The predicted molar refractivity (Wildman–Crippen MR) is 97.6 cm³/mol. The Morgan fingerprint density at radius 2 is 1.86 bits per heavy atom. The molecule has 5 amide bonds. The van der Waals surface area contributed by atoms with E-state index in [-0.39, 0.29) is 18.9 Å². The Morgan fingerprint density at radius 1 is 1.21 bits per heavy atom. The van der Waals surface area contributed by atoms with Crippen molar-refractivity contribution in [1.82, 2.24) is 15.1 Å². The molecule has 0 radical (unpaired) electrons. The van der Waals surface area contributed by atoms with Crippen molar-refractivity contribution in [1.29, 1.82) is 0 Å². The predicted octanol–water partition coefficient (Wildman–Crippen LogP) is -0.341. The van der Waals surface area contributed by atoms with Crippen LogP contribution in [0.15, 0.2) is 24.3 Å². The van der Waals surface area contributed by atoms with Crippen molar-refractivity contribution < 1.29 is 23.6 Å². The molecule has 2 aliphatic rings. The van der Waals surface area contributed by atoms with E-state index in [0.717, 1.165) is 4.90 Å². The number of amides is 5. The number of nitrogens with zero attached hydrogens (tertiary/aromatic N) is 3. The number of urea groups is 1. The van der Waals surface area contributed by atoms with Gasteiger partial charge in [0.15, 0.2) is 0 Å². The van der Waals surface area contributed by atoms with Gasteiger partial charge in [-0.25, -0.2) is 9.18 Å². The summed E-state index contributed by atoms with van der Waals surface area (Å²) in [6.07, 6.45) is 0. The summed E-state index contributed by atoms with van der Waals surface area (Å²) in [5, 5.41) is 2.50. The van der Waals surface area contributed by atoms with Gasteiger partial charge >= 0.3 is 6.03 Å². The summed E-state index contributed by atoms with van der Waals surface area (Å²) in [5.41, 5.74) is 5.11. The molecular weight excluding hydrogens is 369 g/mol. The highest BCUT2D eigenvalue weighted by Gasteiger charge is 2.46. The van der Waals surface area contributed by atoms with Crippen LogP contribution in [0, 0.1) is 5.82 Å². The molecular formula is C18H22FN5O4. The third-order valence-electron chi connectivity index (χ3n) is 4.96. The molecule has 1 aromatic rings. The number of benzene rings is 1. The van der Waals surface area contributed by atoms with Gasteiger partial charge in [-0.3, -0.25) is 19.3 Å². The van der Waals surface area contributed by atoms with Crippen molar-refractivity contribution in [2.75, 3.05) is 31.1 Å². The third kappa shape index (κ3) is 3.62. The van der Waals surface area contributed by atoms with E-state index in [2.05, 4.69) is 5.32 Å². The molecule has 2 heterocycles. The van der Waals surface area contributed by atoms with Crippen molar-refractivity contribution in [3.05, 3.63) is 30.1 Å². The van der Waals surface area contributed by atoms with E-state index in [1.807, 2.05) is 4.90 Å². The van der Waals surface area contributed by atoms with E-state index in [9.17, 15) is 23.6 Å². The average molecular weight is 391 g/mol. The van der Waals surface area contributed by atoms with Crippen LogP contribution in [0.1, 0.15) is 13.8 Å². The van der Waals surface area contributed by atoms with Gasteiger partial charge < -0.3 is 20.9 Å². The molecule has 3 N–H and O–H groups in total. The number of rotatable bonds is 4. The molecule has 10 heteroatoms. The van der Waals surface area contributed by atoms with Crippen molar-refractivity contribution in [3.8, 4) is 0 Å². The van der Waals surface area contributed by atoms with Crippen molar-refractivity contribution in [2.45, 2.75) is 25.4 Å². The number of carbonyl (C=O) groups excluding carboxylic acids is 4. The lowest BCUT2D eigenvalue weighted by Gasteiger charge is -2.41. The maximum absolute atomic E-state index is 13.1. The summed E-state index contributed by atoms with van der Waals surface area (Å²) in [7, 11) is 0. The van der Waals surface area contributed by atoms with Gasteiger partial charge in [0.1, 0.15) is 23.9 Å². The maximum atomic E-state index is 13.1. The number of nitrogens with one attached hydrogen (secondary N) is 1. The number of imide groups is 1. The SMILES string of the molecule is CC1(C)NC(=O)N(CC(=O)N2CCN(c3ccc(F)cc3)CC2C(N)=O)C1=O. The summed E-state index contributed by atoms with van der Waals surface area (Å²) in [5.74, 6) is -2.12. The quantitative estimate of drug-likeness (QED) is 0.681. The minimum atomic E-state index is -1.08. The molecule has 0 aromatic heterocycles. The average Bonchev–Trinajstić information content (AvgIpc) is 2.83. The number of halogens is 1. The fraction of sp³-hybridized carbons (Fsp3) is 0.444. The number of hydrogen-bond donors (Lipinski definition) is 2. The minimum Gasteiger partial charge on any atom is -0.368 e. The largest absolute Gasteiger partial charge is 0.368 e. The second kappa shape index (κ2) is 7.10. The second-order valence-electron chi connectivity index (χ2n) is 7.37. The number of nitrogens with two attached hydrogens (primary N) is 1. The van der Waals surface area contributed by atoms with E-state index in [0.29, 0.717) is 12.2 Å². The summed E-state index contributed by atoms with van der Waals surface area (Å²) >= 11 is 0. The summed E-state index contributed by atoms with van der Waals surface area (Å²) in [4.78, 5) is 52.9.